The highest BCUT2D eigenvalue weighted by molar-refractivity contribution is 5.90. The van der Waals surface area contributed by atoms with Crippen LogP contribution in [0.5, 0.6) is 0 Å². The molecule has 162 valence electrons. The zero-order chi connectivity index (χ0) is 21.8. The van der Waals surface area contributed by atoms with Crippen molar-refractivity contribution >= 4 is 27.5 Å². The first-order chi connectivity index (χ1) is 15.8. The van der Waals surface area contributed by atoms with Crippen LogP contribution in [0.2, 0.25) is 0 Å². The van der Waals surface area contributed by atoms with Crippen molar-refractivity contribution in [3.63, 3.8) is 0 Å². The molecule has 0 saturated carbocycles. The summed E-state index contributed by atoms with van der Waals surface area (Å²) in [6, 6.07) is 29.4. The van der Waals surface area contributed by atoms with Gasteiger partial charge >= 0.3 is 0 Å². The molecule has 1 heterocycles. The van der Waals surface area contributed by atoms with E-state index in [0.717, 1.165) is 37.3 Å². The molecule has 0 unspecified atom stereocenters. The summed E-state index contributed by atoms with van der Waals surface area (Å²) in [5, 5.41) is 8.02. The zero-order valence-corrected chi connectivity index (χ0v) is 18.2. The van der Waals surface area contributed by atoms with Crippen LogP contribution < -0.4 is 5.32 Å². The molecule has 1 atom stereocenters. The first-order valence-corrected chi connectivity index (χ1v) is 11.3. The molecule has 1 fully saturated rings. The van der Waals surface area contributed by atoms with Crippen LogP contribution in [0.4, 0.5) is 0 Å². The van der Waals surface area contributed by atoms with E-state index < -0.39 is 0 Å². The first-order valence-electron chi connectivity index (χ1n) is 11.3. The number of amides is 1. The summed E-state index contributed by atoms with van der Waals surface area (Å²) in [5.74, 6) is 0.0554. The van der Waals surface area contributed by atoms with Crippen molar-refractivity contribution in [3.8, 4) is 0 Å². The summed E-state index contributed by atoms with van der Waals surface area (Å²) in [6.07, 6.45) is 0.382. The highest BCUT2D eigenvalue weighted by atomic mass is 16.5. The van der Waals surface area contributed by atoms with Gasteiger partial charge in [-0.15, -0.1) is 0 Å². The van der Waals surface area contributed by atoms with Crippen molar-refractivity contribution in [3.05, 3.63) is 96.1 Å². The molecular weight excluding hydrogens is 396 g/mol. The van der Waals surface area contributed by atoms with E-state index in [-0.39, 0.29) is 11.9 Å². The van der Waals surface area contributed by atoms with E-state index in [1.54, 1.807) is 0 Å². The topological polar surface area (TPSA) is 41.6 Å². The third-order valence-corrected chi connectivity index (χ3v) is 6.39. The second-order valence-electron chi connectivity index (χ2n) is 8.35. The van der Waals surface area contributed by atoms with E-state index >= 15 is 0 Å². The minimum Gasteiger partial charge on any atom is -0.379 e. The monoisotopic (exact) mass is 424 g/mol. The van der Waals surface area contributed by atoms with Gasteiger partial charge in [-0.1, -0.05) is 84.9 Å². The average molecular weight is 425 g/mol. The number of ether oxygens (including phenoxy) is 1. The second-order valence-corrected chi connectivity index (χ2v) is 8.35. The summed E-state index contributed by atoms with van der Waals surface area (Å²) < 4.78 is 5.59. The number of nitrogens with one attached hydrogen (secondary N) is 1. The van der Waals surface area contributed by atoms with E-state index in [9.17, 15) is 4.79 Å². The molecule has 1 saturated heterocycles. The van der Waals surface area contributed by atoms with E-state index in [2.05, 4.69) is 70.9 Å². The Kier molecular flexibility index (Phi) is 6.15. The number of morpholine rings is 1. The van der Waals surface area contributed by atoms with E-state index in [1.807, 2.05) is 24.3 Å². The molecule has 1 aliphatic heterocycles. The molecule has 1 aliphatic rings. The highest BCUT2D eigenvalue weighted by Crippen LogP contribution is 2.29. The van der Waals surface area contributed by atoms with Crippen molar-refractivity contribution in [1.82, 2.24) is 10.2 Å². The number of hydrogen-bond acceptors (Lipinski definition) is 3. The maximum absolute atomic E-state index is 13.0. The van der Waals surface area contributed by atoms with Crippen LogP contribution in [0.15, 0.2) is 84.9 Å². The standard InChI is InChI=1S/C28H28N2O2/c31-28(19-23-11-5-9-21-7-1-3-12-24(21)23)29-20-27(30-15-17-32-18-16-30)26-14-6-10-22-8-2-4-13-25(22)26/h1-14,27H,15-20H2,(H,29,31)/t27-/m1/s1. The molecule has 4 aromatic rings. The number of carbonyl (C=O) groups is 1. The van der Waals surface area contributed by atoms with Crippen molar-refractivity contribution in [2.45, 2.75) is 12.5 Å². The summed E-state index contributed by atoms with van der Waals surface area (Å²) in [5.41, 5.74) is 2.32. The molecule has 1 N–H and O–H groups in total. The predicted octanol–water partition coefficient (Wildman–Crippen LogP) is 4.73. The van der Waals surface area contributed by atoms with Crippen molar-refractivity contribution in [2.24, 2.45) is 0 Å². The van der Waals surface area contributed by atoms with Crippen LogP contribution in [0.25, 0.3) is 21.5 Å². The lowest BCUT2D eigenvalue weighted by atomic mass is 9.97. The Morgan fingerprint density at radius 2 is 1.44 bits per heavy atom. The van der Waals surface area contributed by atoms with Gasteiger partial charge in [0.1, 0.15) is 0 Å². The molecule has 4 aromatic carbocycles. The van der Waals surface area contributed by atoms with Gasteiger partial charge in [-0.05, 0) is 32.7 Å². The summed E-state index contributed by atoms with van der Waals surface area (Å²) in [4.78, 5) is 15.4. The second kappa shape index (κ2) is 9.51. The molecular formula is C28H28N2O2. The lowest BCUT2D eigenvalue weighted by Crippen LogP contribution is -2.44. The van der Waals surface area contributed by atoms with Gasteiger partial charge in [0.25, 0.3) is 0 Å². The van der Waals surface area contributed by atoms with Crippen molar-refractivity contribution in [1.29, 1.82) is 0 Å². The number of benzene rings is 4. The van der Waals surface area contributed by atoms with Gasteiger partial charge in [0.15, 0.2) is 0 Å². The molecule has 5 rings (SSSR count). The Bertz CT molecular complexity index is 1220. The van der Waals surface area contributed by atoms with Crippen LogP contribution in [0, 0.1) is 0 Å². The average Bonchev–Trinajstić information content (AvgIpc) is 2.85. The number of fused-ring (bicyclic) bond motifs is 2. The quantitative estimate of drug-likeness (QED) is 0.487. The minimum atomic E-state index is 0.0554. The van der Waals surface area contributed by atoms with Crippen LogP contribution in [0.1, 0.15) is 17.2 Å². The molecule has 0 aliphatic carbocycles. The maximum atomic E-state index is 13.0. The van der Waals surface area contributed by atoms with Gasteiger partial charge < -0.3 is 10.1 Å². The summed E-state index contributed by atoms with van der Waals surface area (Å²) in [7, 11) is 0. The Hall–Kier alpha value is -3.21. The Labute approximate surface area is 188 Å². The van der Waals surface area contributed by atoms with Gasteiger partial charge in [-0.25, -0.2) is 0 Å². The smallest absolute Gasteiger partial charge is 0.224 e. The highest BCUT2D eigenvalue weighted by Gasteiger charge is 2.24. The molecule has 4 nitrogen and oxygen atoms in total. The molecule has 32 heavy (non-hydrogen) atoms. The van der Waals surface area contributed by atoms with Crippen molar-refractivity contribution in [2.75, 3.05) is 32.8 Å². The molecule has 0 spiro atoms. The SMILES string of the molecule is O=C(Cc1cccc2ccccc12)NC[C@H](c1cccc2ccccc12)N1CCOCC1. The van der Waals surface area contributed by atoms with Gasteiger partial charge in [0, 0.05) is 19.6 Å². The Morgan fingerprint density at radius 1 is 0.812 bits per heavy atom. The summed E-state index contributed by atoms with van der Waals surface area (Å²) in [6.45, 7) is 3.77. The third-order valence-electron chi connectivity index (χ3n) is 6.39. The van der Waals surface area contributed by atoms with Gasteiger partial charge in [0.05, 0.1) is 25.7 Å². The molecule has 0 aromatic heterocycles. The Morgan fingerprint density at radius 3 is 2.22 bits per heavy atom. The van der Waals surface area contributed by atoms with Crippen LogP contribution in [-0.4, -0.2) is 43.7 Å². The molecule has 4 heteroatoms. The minimum absolute atomic E-state index is 0.0554. The number of carbonyl (C=O) groups excluding carboxylic acids is 1. The zero-order valence-electron chi connectivity index (χ0n) is 18.2. The first kappa shape index (κ1) is 20.7. The van der Waals surface area contributed by atoms with Gasteiger partial charge in [0.2, 0.25) is 5.91 Å². The van der Waals surface area contributed by atoms with E-state index in [1.165, 1.54) is 21.7 Å². The lowest BCUT2D eigenvalue weighted by molar-refractivity contribution is -0.120. The van der Waals surface area contributed by atoms with Gasteiger partial charge in [-0.2, -0.15) is 0 Å². The van der Waals surface area contributed by atoms with Crippen LogP contribution in [0.3, 0.4) is 0 Å². The van der Waals surface area contributed by atoms with E-state index in [0.29, 0.717) is 13.0 Å². The fraction of sp³-hybridized carbons (Fsp3) is 0.250. The molecule has 0 radical (unpaired) electrons. The lowest BCUT2D eigenvalue weighted by Gasteiger charge is -2.35. The Balaban J connectivity index is 1.37. The number of hydrogen-bond donors (Lipinski definition) is 1. The fourth-order valence-electron chi connectivity index (χ4n) is 4.76. The third kappa shape index (κ3) is 4.38. The number of rotatable bonds is 6. The van der Waals surface area contributed by atoms with Gasteiger partial charge in [-0.3, -0.25) is 9.69 Å². The normalized spacial score (nSPS) is 15.6. The molecule has 0 bridgehead atoms. The fourth-order valence-corrected chi connectivity index (χ4v) is 4.76. The predicted molar refractivity (Wildman–Crippen MR) is 130 cm³/mol. The maximum Gasteiger partial charge on any atom is 0.224 e. The van der Waals surface area contributed by atoms with Crippen LogP contribution >= 0.6 is 0 Å². The van der Waals surface area contributed by atoms with Crippen molar-refractivity contribution < 1.29 is 9.53 Å². The summed E-state index contributed by atoms with van der Waals surface area (Å²) >= 11 is 0. The molecule has 1 amide bonds. The largest absolute Gasteiger partial charge is 0.379 e. The van der Waals surface area contributed by atoms with E-state index in [4.69, 9.17) is 4.74 Å². The van der Waals surface area contributed by atoms with Crippen LogP contribution in [-0.2, 0) is 16.0 Å². The number of nitrogens with zero attached hydrogens (tertiary/aromatic N) is 1.